The van der Waals surface area contributed by atoms with Crippen LogP contribution in [0.2, 0.25) is 15.1 Å². The standard InChI is InChI=1S/C16H12Cl3N3O/c17-11-3-1-9(2-4-11)7-10-8-13(18)12(5-6-20)14(19)15(10)22-16(21)23/h1-4,8H,5,7H2,(H3,21,22,23). The van der Waals surface area contributed by atoms with Crippen LogP contribution in [-0.2, 0) is 12.8 Å². The smallest absolute Gasteiger partial charge is 0.316 e. The summed E-state index contributed by atoms with van der Waals surface area (Å²) in [6, 6.07) is 10.2. The molecule has 0 bridgehead atoms. The highest BCUT2D eigenvalue weighted by molar-refractivity contribution is 6.38. The van der Waals surface area contributed by atoms with E-state index in [2.05, 4.69) is 5.32 Å². The van der Waals surface area contributed by atoms with E-state index in [0.717, 1.165) is 5.56 Å². The summed E-state index contributed by atoms with van der Waals surface area (Å²) in [6.07, 6.45) is 0.505. The molecular formula is C16H12Cl3N3O. The van der Waals surface area contributed by atoms with Gasteiger partial charge in [-0.3, -0.25) is 0 Å². The Kier molecular flexibility index (Phi) is 5.73. The second kappa shape index (κ2) is 7.56. The molecule has 0 aliphatic rings. The number of hydrogen-bond acceptors (Lipinski definition) is 2. The van der Waals surface area contributed by atoms with Crippen LogP contribution in [0.3, 0.4) is 0 Å². The van der Waals surface area contributed by atoms with E-state index >= 15 is 0 Å². The van der Waals surface area contributed by atoms with Gasteiger partial charge in [0.1, 0.15) is 0 Å². The first-order valence-electron chi connectivity index (χ1n) is 6.60. The maximum Gasteiger partial charge on any atom is 0.316 e. The van der Waals surface area contributed by atoms with E-state index in [-0.39, 0.29) is 11.4 Å². The maximum absolute atomic E-state index is 11.3. The number of nitrogens with one attached hydrogen (secondary N) is 1. The van der Waals surface area contributed by atoms with Gasteiger partial charge >= 0.3 is 6.03 Å². The van der Waals surface area contributed by atoms with E-state index in [1.54, 1.807) is 18.2 Å². The van der Waals surface area contributed by atoms with Crippen LogP contribution in [0.15, 0.2) is 30.3 Å². The normalized spacial score (nSPS) is 10.2. The van der Waals surface area contributed by atoms with E-state index in [1.165, 1.54) is 0 Å². The molecule has 0 aliphatic carbocycles. The summed E-state index contributed by atoms with van der Waals surface area (Å²) < 4.78 is 0. The molecular weight excluding hydrogens is 357 g/mol. The number of urea groups is 1. The van der Waals surface area contributed by atoms with Crippen molar-refractivity contribution >= 4 is 46.5 Å². The molecule has 0 fully saturated rings. The lowest BCUT2D eigenvalue weighted by Crippen LogP contribution is -2.21. The minimum Gasteiger partial charge on any atom is -0.351 e. The first-order valence-corrected chi connectivity index (χ1v) is 7.73. The van der Waals surface area contributed by atoms with Crippen molar-refractivity contribution in [1.82, 2.24) is 0 Å². The number of amides is 2. The lowest BCUT2D eigenvalue weighted by Gasteiger charge is -2.16. The molecule has 0 aromatic heterocycles. The number of carbonyl (C=O) groups excluding carboxylic acids is 1. The lowest BCUT2D eigenvalue weighted by atomic mass is 10.00. The monoisotopic (exact) mass is 367 g/mol. The summed E-state index contributed by atoms with van der Waals surface area (Å²) in [6.45, 7) is 0. The fourth-order valence-corrected chi connectivity index (χ4v) is 2.97. The third-order valence-electron chi connectivity index (χ3n) is 3.21. The SMILES string of the molecule is N#CCc1c(Cl)cc(Cc2ccc(Cl)cc2)c(NC(N)=O)c1Cl. The Hall–Kier alpha value is -1.93. The van der Waals surface area contributed by atoms with Gasteiger partial charge in [-0.2, -0.15) is 5.26 Å². The van der Waals surface area contributed by atoms with Crippen molar-refractivity contribution < 1.29 is 4.79 Å². The predicted molar refractivity (Wildman–Crippen MR) is 93.2 cm³/mol. The minimum atomic E-state index is -0.741. The van der Waals surface area contributed by atoms with Crippen LogP contribution >= 0.6 is 34.8 Å². The van der Waals surface area contributed by atoms with Crippen LogP contribution in [-0.4, -0.2) is 6.03 Å². The van der Waals surface area contributed by atoms with Gasteiger partial charge in [-0.15, -0.1) is 0 Å². The highest BCUT2D eigenvalue weighted by atomic mass is 35.5. The summed E-state index contributed by atoms with van der Waals surface area (Å²) >= 11 is 18.4. The van der Waals surface area contributed by atoms with Crippen LogP contribution < -0.4 is 11.1 Å². The molecule has 0 heterocycles. The molecule has 118 valence electrons. The van der Waals surface area contributed by atoms with E-state index in [1.807, 2.05) is 18.2 Å². The number of nitrogens with zero attached hydrogens (tertiary/aromatic N) is 1. The van der Waals surface area contributed by atoms with Gasteiger partial charge in [0.05, 0.1) is 23.2 Å². The lowest BCUT2D eigenvalue weighted by molar-refractivity contribution is 0.259. The third kappa shape index (κ3) is 4.29. The topological polar surface area (TPSA) is 78.9 Å². The Morgan fingerprint density at radius 2 is 1.87 bits per heavy atom. The molecule has 2 amide bonds. The van der Waals surface area contributed by atoms with Gasteiger partial charge in [-0.05, 0) is 35.7 Å². The highest BCUT2D eigenvalue weighted by Gasteiger charge is 2.17. The Morgan fingerprint density at radius 3 is 2.43 bits per heavy atom. The number of nitriles is 1. The molecule has 4 nitrogen and oxygen atoms in total. The van der Waals surface area contributed by atoms with E-state index in [4.69, 9.17) is 45.8 Å². The molecule has 3 N–H and O–H groups in total. The summed E-state index contributed by atoms with van der Waals surface area (Å²) in [7, 11) is 0. The Morgan fingerprint density at radius 1 is 1.22 bits per heavy atom. The number of rotatable bonds is 4. The molecule has 0 aliphatic heterocycles. The van der Waals surface area contributed by atoms with Gasteiger partial charge in [0.15, 0.2) is 0 Å². The average Bonchev–Trinajstić information content (AvgIpc) is 2.49. The molecule has 7 heteroatoms. The van der Waals surface area contributed by atoms with Gasteiger partial charge in [0, 0.05) is 15.6 Å². The number of nitrogens with two attached hydrogens (primary N) is 1. The number of benzene rings is 2. The number of carbonyl (C=O) groups is 1. The van der Waals surface area contributed by atoms with E-state index in [9.17, 15) is 4.79 Å². The summed E-state index contributed by atoms with van der Waals surface area (Å²) in [4.78, 5) is 11.3. The third-order valence-corrected chi connectivity index (χ3v) is 4.21. The fourth-order valence-electron chi connectivity index (χ4n) is 2.17. The van der Waals surface area contributed by atoms with Crippen molar-refractivity contribution in [2.45, 2.75) is 12.8 Å². The van der Waals surface area contributed by atoms with Gasteiger partial charge in [0.2, 0.25) is 0 Å². The molecule has 2 aromatic carbocycles. The van der Waals surface area contributed by atoms with Crippen molar-refractivity contribution in [1.29, 1.82) is 5.26 Å². The number of primary amides is 1. The minimum absolute atomic E-state index is 0.0341. The van der Waals surface area contributed by atoms with Crippen LogP contribution in [0.5, 0.6) is 0 Å². The van der Waals surface area contributed by atoms with E-state index < -0.39 is 6.03 Å². The molecule has 0 saturated heterocycles. The molecule has 2 rings (SSSR count). The van der Waals surface area contributed by atoms with Crippen LogP contribution in [0.1, 0.15) is 16.7 Å². The van der Waals surface area contributed by atoms with E-state index in [0.29, 0.717) is 33.3 Å². The summed E-state index contributed by atoms with van der Waals surface area (Å²) in [5.41, 5.74) is 7.69. The number of anilines is 1. The molecule has 0 radical (unpaired) electrons. The first kappa shape index (κ1) is 17.4. The first-order chi connectivity index (χ1) is 10.9. The quantitative estimate of drug-likeness (QED) is 0.813. The van der Waals surface area contributed by atoms with Crippen molar-refractivity contribution in [3.05, 3.63) is 62.1 Å². The van der Waals surface area contributed by atoms with Crippen LogP contribution in [0, 0.1) is 11.3 Å². The zero-order valence-corrected chi connectivity index (χ0v) is 14.1. The molecule has 23 heavy (non-hydrogen) atoms. The maximum atomic E-state index is 11.3. The zero-order chi connectivity index (χ0) is 17.0. The van der Waals surface area contributed by atoms with Crippen LogP contribution in [0.4, 0.5) is 10.5 Å². The van der Waals surface area contributed by atoms with Crippen molar-refractivity contribution in [2.24, 2.45) is 5.73 Å². The second-order valence-electron chi connectivity index (χ2n) is 4.81. The molecule has 0 unspecified atom stereocenters. The Labute approximate surface area is 148 Å². The van der Waals surface area contributed by atoms with Gasteiger partial charge in [0.25, 0.3) is 0 Å². The van der Waals surface area contributed by atoms with Crippen molar-refractivity contribution in [3.8, 4) is 6.07 Å². The second-order valence-corrected chi connectivity index (χ2v) is 6.03. The predicted octanol–water partition coefficient (Wildman–Crippen LogP) is 4.79. The highest BCUT2D eigenvalue weighted by Crippen LogP contribution is 2.36. The zero-order valence-electron chi connectivity index (χ0n) is 11.9. The molecule has 0 saturated carbocycles. The van der Waals surface area contributed by atoms with Gasteiger partial charge < -0.3 is 11.1 Å². The number of halogens is 3. The summed E-state index contributed by atoms with van der Waals surface area (Å²) in [5, 5.41) is 12.6. The fraction of sp³-hybridized carbons (Fsp3) is 0.125. The average molecular weight is 369 g/mol. The molecule has 2 aromatic rings. The van der Waals surface area contributed by atoms with Crippen molar-refractivity contribution in [2.75, 3.05) is 5.32 Å². The number of hydrogen-bond donors (Lipinski definition) is 2. The Bertz CT molecular complexity index is 783. The summed E-state index contributed by atoms with van der Waals surface area (Å²) in [5.74, 6) is 0. The molecule has 0 atom stereocenters. The van der Waals surface area contributed by atoms with Crippen molar-refractivity contribution in [3.63, 3.8) is 0 Å². The van der Waals surface area contributed by atoms with Gasteiger partial charge in [-0.1, -0.05) is 46.9 Å². The molecule has 0 spiro atoms. The van der Waals surface area contributed by atoms with Gasteiger partial charge in [-0.25, -0.2) is 4.79 Å². The van der Waals surface area contributed by atoms with Crippen LogP contribution in [0.25, 0.3) is 0 Å². The Balaban J connectivity index is 2.50. The largest absolute Gasteiger partial charge is 0.351 e.